The van der Waals surface area contributed by atoms with Gasteiger partial charge in [-0.2, -0.15) is 0 Å². The maximum absolute atomic E-state index is 11.7. The molecule has 0 saturated carbocycles. The lowest BCUT2D eigenvalue weighted by Gasteiger charge is -2.03. The van der Waals surface area contributed by atoms with Gasteiger partial charge in [-0.25, -0.2) is 9.97 Å². The van der Waals surface area contributed by atoms with Crippen LogP contribution < -0.4 is 5.32 Å². The Hall–Kier alpha value is -1.29. The van der Waals surface area contributed by atoms with Gasteiger partial charge in [-0.05, 0) is 19.0 Å². The smallest absolute Gasteiger partial charge is 0.204 e. The number of ketones is 1. The molecule has 0 aromatic carbocycles. The van der Waals surface area contributed by atoms with Gasteiger partial charge in [0.25, 0.3) is 0 Å². The minimum atomic E-state index is 0.0607. The number of hydrogen-bond donors (Lipinski definition) is 1. The second-order valence-electron chi connectivity index (χ2n) is 3.13. The highest BCUT2D eigenvalue weighted by Crippen LogP contribution is 2.11. The third-order valence-corrected chi connectivity index (χ3v) is 2.22. The van der Waals surface area contributed by atoms with Crippen LogP contribution in [0.1, 0.15) is 17.0 Å². The topological polar surface area (TPSA) is 54.9 Å². The third-order valence-electron chi connectivity index (χ3n) is 2.22. The number of carbonyl (C=O) groups excluding carboxylic acids is 1. The summed E-state index contributed by atoms with van der Waals surface area (Å²) >= 11 is 0. The molecule has 0 aliphatic carbocycles. The fraction of sp³-hybridized carbons (Fsp3) is 0.444. The number of nitrogens with one attached hydrogen (secondary N) is 1. The monoisotopic (exact) mass is 177 g/mol. The summed E-state index contributed by atoms with van der Waals surface area (Å²) in [6.07, 6.45) is 4.10. The molecule has 4 heteroatoms. The van der Waals surface area contributed by atoms with E-state index in [0.717, 1.165) is 19.5 Å². The number of Topliss-reactive ketones (excluding diaryl/α,β-unsaturated/α-hetero) is 1. The number of nitrogens with zero attached hydrogens (tertiary/aromatic N) is 2. The van der Waals surface area contributed by atoms with Crippen molar-refractivity contribution >= 4 is 5.78 Å². The first-order valence-electron chi connectivity index (χ1n) is 4.40. The fourth-order valence-electron chi connectivity index (χ4n) is 1.49. The zero-order valence-corrected chi connectivity index (χ0v) is 7.23. The van der Waals surface area contributed by atoms with Crippen molar-refractivity contribution in [2.45, 2.75) is 6.42 Å². The molecule has 1 saturated heterocycles. The van der Waals surface area contributed by atoms with Crippen molar-refractivity contribution in [2.24, 2.45) is 5.92 Å². The number of aromatic nitrogens is 2. The largest absolute Gasteiger partial charge is 0.316 e. The van der Waals surface area contributed by atoms with Crippen LogP contribution in [0, 0.1) is 5.92 Å². The van der Waals surface area contributed by atoms with Crippen molar-refractivity contribution in [2.75, 3.05) is 13.1 Å². The Labute approximate surface area is 76.4 Å². The molecule has 0 amide bonds. The van der Waals surface area contributed by atoms with E-state index in [1.807, 2.05) is 0 Å². The van der Waals surface area contributed by atoms with Crippen molar-refractivity contribution < 1.29 is 4.79 Å². The van der Waals surface area contributed by atoms with Crippen molar-refractivity contribution in [3.63, 3.8) is 0 Å². The summed E-state index contributed by atoms with van der Waals surface area (Å²) in [5.74, 6) is 0.476. The van der Waals surface area contributed by atoms with Gasteiger partial charge in [0.15, 0.2) is 5.82 Å². The predicted octanol–water partition coefficient (Wildman–Crippen LogP) is 0.269. The van der Waals surface area contributed by atoms with Gasteiger partial charge < -0.3 is 5.32 Å². The second kappa shape index (κ2) is 3.62. The first kappa shape index (κ1) is 8.31. The van der Waals surface area contributed by atoms with Gasteiger partial charge in [0, 0.05) is 24.9 Å². The highest BCUT2D eigenvalue weighted by atomic mass is 16.1. The molecule has 1 aliphatic heterocycles. The van der Waals surface area contributed by atoms with E-state index in [1.54, 1.807) is 18.5 Å². The van der Waals surface area contributed by atoms with E-state index in [1.165, 1.54) is 0 Å². The Bertz CT molecular complexity index is 293. The molecule has 1 fully saturated rings. The molecule has 1 N–H and O–H groups in total. The molecule has 13 heavy (non-hydrogen) atoms. The molecule has 68 valence electrons. The molecule has 1 unspecified atom stereocenters. The molecule has 1 aromatic rings. The van der Waals surface area contributed by atoms with Gasteiger partial charge in [0.05, 0.1) is 0 Å². The number of hydrogen-bond acceptors (Lipinski definition) is 4. The van der Waals surface area contributed by atoms with Crippen LogP contribution in [0.25, 0.3) is 0 Å². The van der Waals surface area contributed by atoms with Crippen molar-refractivity contribution in [1.82, 2.24) is 15.3 Å². The summed E-state index contributed by atoms with van der Waals surface area (Å²) in [4.78, 5) is 19.6. The van der Waals surface area contributed by atoms with E-state index in [0.29, 0.717) is 5.82 Å². The molecule has 1 aliphatic rings. The second-order valence-corrected chi connectivity index (χ2v) is 3.13. The van der Waals surface area contributed by atoms with E-state index in [4.69, 9.17) is 0 Å². The minimum Gasteiger partial charge on any atom is -0.316 e. The fourth-order valence-corrected chi connectivity index (χ4v) is 1.49. The highest BCUT2D eigenvalue weighted by molar-refractivity contribution is 5.94. The van der Waals surface area contributed by atoms with Crippen molar-refractivity contribution in [3.8, 4) is 0 Å². The molecule has 2 rings (SSSR count). The molecule has 1 atom stereocenters. The van der Waals surface area contributed by atoms with Gasteiger partial charge >= 0.3 is 0 Å². The van der Waals surface area contributed by atoms with E-state index in [-0.39, 0.29) is 11.7 Å². The van der Waals surface area contributed by atoms with Crippen LogP contribution in [0.5, 0.6) is 0 Å². The average molecular weight is 177 g/mol. The predicted molar refractivity (Wildman–Crippen MR) is 47.3 cm³/mol. The van der Waals surface area contributed by atoms with Crippen LogP contribution in [-0.2, 0) is 0 Å². The van der Waals surface area contributed by atoms with Crippen LogP contribution >= 0.6 is 0 Å². The van der Waals surface area contributed by atoms with Crippen molar-refractivity contribution in [1.29, 1.82) is 0 Å². The summed E-state index contributed by atoms with van der Waals surface area (Å²) in [5, 5.41) is 3.15. The Morgan fingerprint density at radius 1 is 1.46 bits per heavy atom. The number of carbonyl (C=O) groups is 1. The standard InChI is InChI=1S/C9H11N3O/c13-8(7-2-5-10-6-7)9-11-3-1-4-12-9/h1,3-4,7,10H,2,5-6H2. The molecule has 4 nitrogen and oxygen atoms in total. The normalized spacial score (nSPS) is 21.7. The minimum absolute atomic E-state index is 0.0607. The quantitative estimate of drug-likeness (QED) is 0.659. The first-order valence-corrected chi connectivity index (χ1v) is 4.40. The SMILES string of the molecule is O=C(c1ncccn1)C1CCNC1. The Balaban J connectivity index is 2.13. The third kappa shape index (κ3) is 1.72. The van der Waals surface area contributed by atoms with Gasteiger partial charge in [-0.1, -0.05) is 0 Å². The van der Waals surface area contributed by atoms with E-state index in [2.05, 4.69) is 15.3 Å². The van der Waals surface area contributed by atoms with Crippen LogP contribution in [0.2, 0.25) is 0 Å². The zero-order valence-electron chi connectivity index (χ0n) is 7.23. The summed E-state index contributed by atoms with van der Waals surface area (Å²) in [7, 11) is 0. The summed E-state index contributed by atoms with van der Waals surface area (Å²) in [5.41, 5.74) is 0. The average Bonchev–Trinajstić information content (AvgIpc) is 2.71. The zero-order chi connectivity index (χ0) is 9.10. The summed E-state index contributed by atoms with van der Waals surface area (Å²) in [6.45, 7) is 1.68. The molecular formula is C9H11N3O. The van der Waals surface area contributed by atoms with Gasteiger partial charge in [-0.15, -0.1) is 0 Å². The Morgan fingerprint density at radius 3 is 2.85 bits per heavy atom. The highest BCUT2D eigenvalue weighted by Gasteiger charge is 2.24. The summed E-state index contributed by atoms with van der Waals surface area (Å²) < 4.78 is 0. The molecule has 0 bridgehead atoms. The molecule has 0 spiro atoms. The van der Waals surface area contributed by atoms with E-state index in [9.17, 15) is 4.79 Å². The van der Waals surface area contributed by atoms with E-state index < -0.39 is 0 Å². The van der Waals surface area contributed by atoms with E-state index >= 15 is 0 Å². The lowest BCUT2D eigenvalue weighted by molar-refractivity contribution is 0.0919. The van der Waals surface area contributed by atoms with Crippen LogP contribution in [0.4, 0.5) is 0 Å². The van der Waals surface area contributed by atoms with Crippen LogP contribution in [0.3, 0.4) is 0 Å². The molecule has 1 aromatic heterocycles. The van der Waals surface area contributed by atoms with Crippen molar-refractivity contribution in [3.05, 3.63) is 24.3 Å². The Morgan fingerprint density at radius 2 is 2.23 bits per heavy atom. The molecular weight excluding hydrogens is 166 g/mol. The van der Waals surface area contributed by atoms with Crippen LogP contribution in [-0.4, -0.2) is 28.8 Å². The number of rotatable bonds is 2. The summed E-state index contributed by atoms with van der Waals surface area (Å²) in [6, 6.07) is 1.71. The Kier molecular flexibility index (Phi) is 2.31. The lowest BCUT2D eigenvalue weighted by atomic mass is 10.0. The van der Waals surface area contributed by atoms with Gasteiger partial charge in [0.1, 0.15) is 0 Å². The first-order chi connectivity index (χ1) is 6.38. The molecule has 2 heterocycles. The van der Waals surface area contributed by atoms with Gasteiger partial charge in [-0.3, -0.25) is 4.79 Å². The van der Waals surface area contributed by atoms with Crippen LogP contribution in [0.15, 0.2) is 18.5 Å². The maximum atomic E-state index is 11.7. The van der Waals surface area contributed by atoms with Gasteiger partial charge in [0.2, 0.25) is 5.78 Å². The lowest BCUT2D eigenvalue weighted by Crippen LogP contribution is -2.19. The molecule has 0 radical (unpaired) electrons. The maximum Gasteiger partial charge on any atom is 0.204 e.